The van der Waals surface area contributed by atoms with E-state index in [0.717, 1.165) is 17.0 Å². The zero-order chi connectivity index (χ0) is 12.5. The molecule has 3 rings (SSSR count). The van der Waals surface area contributed by atoms with Crippen LogP contribution in [0.4, 0.5) is 0 Å². The minimum Gasteiger partial charge on any atom is -0.313 e. The van der Waals surface area contributed by atoms with E-state index >= 15 is 0 Å². The van der Waals surface area contributed by atoms with Gasteiger partial charge in [0.15, 0.2) is 0 Å². The average molecular weight is 258 g/mol. The molecule has 1 aliphatic carbocycles. The molecule has 0 saturated carbocycles. The third-order valence-electron chi connectivity index (χ3n) is 3.75. The van der Waals surface area contributed by atoms with E-state index < -0.39 is 0 Å². The third kappa shape index (κ3) is 1.94. The van der Waals surface area contributed by atoms with Crippen molar-refractivity contribution in [1.82, 2.24) is 5.32 Å². The number of halogens is 1. The third-order valence-corrected chi connectivity index (χ3v) is 4.08. The molecular weight excluding hydrogens is 242 g/mol. The predicted molar refractivity (Wildman–Crippen MR) is 77.0 cm³/mol. The van der Waals surface area contributed by atoms with Crippen molar-refractivity contribution < 1.29 is 0 Å². The fraction of sp³-hybridized carbons (Fsp3) is 0.250. The lowest BCUT2D eigenvalue weighted by molar-refractivity contribution is 0.590. The molecule has 1 atom stereocenters. The summed E-state index contributed by atoms with van der Waals surface area (Å²) in [5, 5.41) is 4.18. The van der Waals surface area contributed by atoms with Crippen LogP contribution in [0.5, 0.6) is 0 Å². The van der Waals surface area contributed by atoms with Gasteiger partial charge in [-0.15, -0.1) is 0 Å². The molecule has 1 unspecified atom stereocenters. The molecular formula is C16H16ClN. The van der Waals surface area contributed by atoms with E-state index in [0.29, 0.717) is 6.04 Å². The summed E-state index contributed by atoms with van der Waals surface area (Å²) in [6.07, 6.45) is 2.34. The lowest BCUT2D eigenvalue weighted by Crippen LogP contribution is -2.12. The van der Waals surface area contributed by atoms with Gasteiger partial charge < -0.3 is 5.32 Å². The van der Waals surface area contributed by atoms with Crippen molar-refractivity contribution in [2.45, 2.75) is 18.9 Å². The Hall–Kier alpha value is -1.31. The molecule has 92 valence electrons. The van der Waals surface area contributed by atoms with Crippen LogP contribution in [0.25, 0.3) is 11.1 Å². The minimum atomic E-state index is 0.514. The topological polar surface area (TPSA) is 12.0 Å². The number of fused-ring (bicyclic) bond motifs is 1. The van der Waals surface area contributed by atoms with E-state index in [2.05, 4.69) is 29.6 Å². The van der Waals surface area contributed by atoms with E-state index in [4.69, 9.17) is 11.6 Å². The van der Waals surface area contributed by atoms with Crippen LogP contribution in [-0.2, 0) is 6.42 Å². The summed E-state index contributed by atoms with van der Waals surface area (Å²) in [4.78, 5) is 0. The van der Waals surface area contributed by atoms with Gasteiger partial charge in [0.05, 0.1) is 0 Å². The largest absolute Gasteiger partial charge is 0.313 e. The van der Waals surface area contributed by atoms with E-state index in [1.165, 1.54) is 23.1 Å². The van der Waals surface area contributed by atoms with E-state index in [9.17, 15) is 0 Å². The molecule has 0 aliphatic heterocycles. The van der Waals surface area contributed by atoms with Crippen molar-refractivity contribution in [2.75, 3.05) is 7.05 Å². The average Bonchev–Trinajstić information content (AvgIpc) is 2.81. The molecule has 2 heteroatoms. The molecule has 1 N–H and O–H groups in total. The van der Waals surface area contributed by atoms with Crippen LogP contribution in [0.3, 0.4) is 0 Å². The van der Waals surface area contributed by atoms with Crippen LogP contribution in [0.15, 0.2) is 42.5 Å². The van der Waals surface area contributed by atoms with Crippen molar-refractivity contribution in [3.63, 3.8) is 0 Å². The van der Waals surface area contributed by atoms with Gasteiger partial charge in [0.2, 0.25) is 0 Å². The van der Waals surface area contributed by atoms with Gasteiger partial charge in [0.1, 0.15) is 0 Å². The second-order valence-corrected chi connectivity index (χ2v) is 5.18. The molecule has 2 aromatic rings. The first-order valence-corrected chi connectivity index (χ1v) is 6.72. The number of hydrogen-bond donors (Lipinski definition) is 1. The van der Waals surface area contributed by atoms with E-state index in [-0.39, 0.29) is 0 Å². The summed E-state index contributed by atoms with van der Waals surface area (Å²) in [6.45, 7) is 0. The summed E-state index contributed by atoms with van der Waals surface area (Å²) < 4.78 is 0. The molecule has 0 fully saturated rings. The quantitative estimate of drug-likeness (QED) is 0.850. The Balaban J connectivity index is 2.04. The maximum absolute atomic E-state index is 6.25. The van der Waals surface area contributed by atoms with Gasteiger partial charge in [0, 0.05) is 16.6 Å². The summed E-state index contributed by atoms with van der Waals surface area (Å²) in [5.41, 5.74) is 5.23. The van der Waals surface area contributed by atoms with Crippen molar-refractivity contribution in [2.24, 2.45) is 0 Å². The molecule has 1 aliphatic rings. The number of rotatable bonds is 2. The number of nitrogens with one attached hydrogen (secondary N) is 1. The molecule has 0 saturated heterocycles. The van der Waals surface area contributed by atoms with Crippen molar-refractivity contribution in [3.05, 3.63) is 58.6 Å². The Bertz CT molecular complexity index is 577. The molecule has 0 radical (unpaired) electrons. The summed E-state index contributed by atoms with van der Waals surface area (Å²) in [7, 11) is 2.03. The van der Waals surface area contributed by atoms with Crippen LogP contribution >= 0.6 is 11.6 Å². The Labute approximate surface area is 113 Å². The van der Waals surface area contributed by atoms with Crippen LogP contribution in [-0.4, -0.2) is 7.05 Å². The predicted octanol–water partition coefficient (Wildman–Crippen LogP) is 4.21. The highest BCUT2D eigenvalue weighted by Crippen LogP contribution is 2.35. The zero-order valence-corrected chi connectivity index (χ0v) is 11.2. The number of hydrogen-bond acceptors (Lipinski definition) is 1. The van der Waals surface area contributed by atoms with Crippen LogP contribution in [0.1, 0.15) is 23.6 Å². The van der Waals surface area contributed by atoms with Gasteiger partial charge in [-0.1, -0.05) is 48.0 Å². The molecule has 1 nitrogen and oxygen atoms in total. The fourth-order valence-corrected chi connectivity index (χ4v) is 3.03. The first-order valence-electron chi connectivity index (χ1n) is 6.34. The fourth-order valence-electron chi connectivity index (χ4n) is 2.78. The van der Waals surface area contributed by atoms with Crippen molar-refractivity contribution in [3.8, 4) is 11.1 Å². The van der Waals surface area contributed by atoms with E-state index in [1.54, 1.807) is 0 Å². The standard InChI is InChI=1S/C16H16ClN/c1-18-16-9-7-12-10-11(6-8-14(12)16)13-4-2-3-5-15(13)17/h2-6,8,10,16,18H,7,9H2,1H3. The van der Waals surface area contributed by atoms with Gasteiger partial charge in [-0.05, 0) is 42.6 Å². The van der Waals surface area contributed by atoms with E-state index in [1.807, 2.05) is 25.2 Å². The molecule has 0 spiro atoms. The Morgan fingerprint density at radius 3 is 2.78 bits per heavy atom. The first-order chi connectivity index (χ1) is 8.79. The van der Waals surface area contributed by atoms with Crippen LogP contribution in [0, 0.1) is 0 Å². The van der Waals surface area contributed by atoms with Crippen LogP contribution < -0.4 is 5.32 Å². The lowest BCUT2D eigenvalue weighted by atomic mass is 10.00. The SMILES string of the molecule is CNC1CCc2cc(-c3ccccc3Cl)ccc21. The highest BCUT2D eigenvalue weighted by molar-refractivity contribution is 6.33. The van der Waals surface area contributed by atoms with Gasteiger partial charge >= 0.3 is 0 Å². The highest BCUT2D eigenvalue weighted by Gasteiger charge is 2.21. The Kier molecular flexibility index (Phi) is 3.11. The summed E-state index contributed by atoms with van der Waals surface area (Å²) in [6, 6.07) is 15.2. The normalized spacial score (nSPS) is 17.8. The smallest absolute Gasteiger partial charge is 0.0484 e. The molecule has 0 aromatic heterocycles. The van der Waals surface area contributed by atoms with Crippen LogP contribution in [0.2, 0.25) is 5.02 Å². The molecule has 2 aromatic carbocycles. The van der Waals surface area contributed by atoms with Gasteiger partial charge in [0.25, 0.3) is 0 Å². The highest BCUT2D eigenvalue weighted by atomic mass is 35.5. The van der Waals surface area contributed by atoms with Crippen molar-refractivity contribution >= 4 is 11.6 Å². The van der Waals surface area contributed by atoms with Crippen molar-refractivity contribution in [1.29, 1.82) is 0 Å². The zero-order valence-electron chi connectivity index (χ0n) is 10.4. The first kappa shape index (κ1) is 11.8. The Morgan fingerprint density at radius 2 is 2.00 bits per heavy atom. The minimum absolute atomic E-state index is 0.514. The molecule has 0 bridgehead atoms. The summed E-state index contributed by atoms with van der Waals surface area (Å²) in [5.74, 6) is 0. The summed E-state index contributed by atoms with van der Waals surface area (Å²) >= 11 is 6.25. The monoisotopic (exact) mass is 257 g/mol. The number of aryl methyl sites for hydroxylation is 1. The van der Waals surface area contributed by atoms with Gasteiger partial charge in [-0.2, -0.15) is 0 Å². The van der Waals surface area contributed by atoms with Gasteiger partial charge in [-0.3, -0.25) is 0 Å². The maximum atomic E-state index is 6.25. The Morgan fingerprint density at radius 1 is 1.17 bits per heavy atom. The number of benzene rings is 2. The van der Waals surface area contributed by atoms with Gasteiger partial charge in [-0.25, -0.2) is 0 Å². The molecule has 18 heavy (non-hydrogen) atoms. The second kappa shape index (κ2) is 4.75. The second-order valence-electron chi connectivity index (χ2n) is 4.77. The maximum Gasteiger partial charge on any atom is 0.0484 e. The lowest BCUT2D eigenvalue weighted by Gasteiger charge is -2.11. The molecule has 0 heterocycles. The molecule has 0 amide bonds.